The molecule has 102 valence electrons. The average Bonchev–Trinajstić information content (AvgIpc) is 2.47. The van der Waals surface area contributed by atoms with Crippen molar-refractivity contribution < 1.29 is 4.79 Å². The Bertz CT molecular complexity index is 603. The molecule has 2 N–H and O–H groups in total. The lowest BCUT2D eigenvalue weighted by Crippen LogP contribution is -2.14. The van der Waals surface area contributed by atoms with Crippen LogP contribution in [0.3, 0.4) is 0 Å². The molecule has 0 aliphatic heterocycles. The van der Waals surface area contributed by atoms with Crippen LogP contribution in [0.5, 0.6) is 0 Å². The molecule has 0 atom stereocenters. The molecule has 0 fully saturated rings. The molecule has 0 aliphatic carbocycles. The van der Waals surface area contributed by atoms with Crippen LogP contribution in [0, 0.1) is 0 Å². The lowest BCUT2D eigenvalue weighted by molar-refractivity contribution is 0.101. The molecule has 0 aliphatic rings. The van der Waals surface area contributed by atoms with E-state index in [1.807, 2.05) is 24.3 Å². The van der Waals surface area contributed by atoms with Crippen molar-refractivity contribution in [2.24, 2.45) is 10.2 Å². The summed E-state index contributed by atoms with van der Waals surface area (Å²) in [6.45, 7) is 1.54. The number of ketones is 1. The lowest BCUT2D eigenvalue weighted by atomic mass is 10.1. The average molecular weight is 268 g/mol. The third-order valence-electron chi connectivity index (χ3n) is 2.69. The monoisotopic (exact) mass is 268 g/mol. The predicted octanol–water partition coefficient (Wildman–Crippen LogP) is 3.85. The fourth-order valence-corrected chi connectivity index (χ4v) is 1.63. The molecule has 0 radical (unpaired) electrons. The van der Waals surface area contributed by atoms with E-state index in [-0.39, 0.29) is 5.78 Å². The highest BCUT2D eigenvalue weighted by Crippen LogP contribution is 2.20. The highest BCUT2D eigenvalue weighted by molar-refractivity contribution is 5.94. The number of anilines is 1. The fraction of sp³-hybridized carbons (Fsp3) is 0.133. The van der Waals surface area contributed by atoms with Gasteiger partial charge in [0.05, 0.1) is 11.4 Å². The largest absolute Gasteiger partial charge is 0.322 e. The number of carbonyl (C=O) groups is 1. The summed E-state index contributed by atoms with van der Waals surface area (Å²) in [5.74, 6) is 0.0427. The van der Waals surface area contributed by atoms with E-state index in [4.69, 9.17) is 0 Å². The van der Waals surface area contributed by atoms with Crippen molar-refractivity contribution in [2.45, 2.75) is 6.92 Å². The lowest BCUT2D eigenvalue weighted by Gasteiger charge is -2.02. The van der Waals surface area contributed by atoms with Crippen LogP contribution < -0.4 is 10.9 Å². The van der Waals surface area contributed by atoms with Crippen molar-refractivity contribution in [3.05, 3.63) is 54.1 Å². The number of nitrogens with one attached hydrogen (secondary N) is 2. The zero-order chi connectivity index (χ0) is 14.4. The van der Waals surface area contributed by atoms with Crippen LogP contribution in [-0.2, 0) is 0 Å². The van der Waals surface area contributed by atoms with Crippen molar-refractivity contribution in [1.29, 1.82) is 0 Å². The second kappa shape index (κ2) is 6.58. The fourth-order valence-electron chi connectivity index (χ4n) is 1.63. The minimum absolute atomic E-state index is 0.0427. The smallest absolute Gasteiger partial charge is 0.159 e. The number of rotatable bonds is 5. The number of azo groups is 1. The Balaban J connectivity index is 2.06. The molecule has 0 unspecified atom stereocenters. The van der Waals surface area contributed by atoms with Crippen LogP contribution in [0.2, 0.25) is 0 Å². The summed E-state index contributed by atoms with van der Waals surface area (Å²) in [7, 11) is 1.80. The van der Waals surface area contributed by atoms with Gasteiger partial charge in [0.2, 0.25) is 0 Å². The Kier molecular flexibility index (Phi) is 4.57. The normalized spacial score (nSPS) is 10.7. The highest BCUT2D eigenvalue weighted by Gasteiger charge is 1.98. The van der Waals surface area contributed by atoms with Gasteiger partial charge in [-0.1, -0.05) is 0 Å². The first-order valence-corrected chi connectivity index (χ1v) is 6.24. The van der Waals surface area contributed by atoms with Crippen LogP contribution in [0.15, 0.2) is 58.8 Å². The van der Waals surface area contributed by atoms with Crippen LogP contribution >= 0.6 is 0 Å². The van der Waals surface area contributed by atoms with E-state index in [9.17, 15) is 4.79 Å². The molecule has 5 nitrogen and oxygen atoms in total. The maximum Gasteiger partial charge on any atom is 0.159 e. The predicted molar refractivity (Wildman–Crippen MR) is 79.7 cm³/mol. The second-order valence-electron chi connectivity index (χ2n) is 4.22. The molecule has 0 saturated heterocycles. The third-order valence-corrected chi connectivity index (χ3v) is 2.69. The number of nitrogens with zero attached hydrogens (tertiary/aromatic N) is 2. The zero-order valence-corrected chi connectivity index (χ0v) is 11.4. The Morgan fingerprint density at radius 2 is 1.40 bits per heavy atom. The molecule has 0 bridgehead atoms. The molecule has 0 spiro atoms. The van der Waals surface area contributed by atoms with E-state index in [1.165, 1.54) is 6.92 Å². The standard InChI is InChI=1S/C15H16N4O/c1-11(20)12-3-5-14(6-4-12)18-19-15-9-7-13(8-10-15)17-16-2/h3-10,16-17H,1-2H3/b19-18+. The molecule has 20 heavy (non-hydrogen) atoms. The summed E-state index contributed by atoms with van der Waals surface area (Å²) in [5.41, 5.74) is 8.92. The Hall–Kier alpha value is -2.53. The van der Waals surface area contributed by atoms with Crippen LogP contribution in [-0.4, -0.2) is 12.8 Å². The number of hydrogen-bond donors (Lipinski definition) is 2. The number of carbonyl (C=O) groups excluding carboxylic acids is 1. The maximum absolute atomic E-state index is 11.2. The molecule has 2 rings (SSSR count). The zero-order valence-electron chi connectivity index (χ0n) is 11.4. The van der Waals surface area contributed by atoms with Crippen molar-refractivity contribution >= 4 is 22.8 Å². The number of hydrazine groups is 1. The summed E-state index contributed by atoms with van der Waals surface area (Å²) in [6.07, 6.45) is 0. The number of hydrogen-bond acceptors (Lipinski definition) is 5. The first-order valence-electron chi connectivity index (χ1n) is 6.24. The van der Waals surface area contributed by atoms with Crippen LogP contribution in [0.25, 0.3) is 0 Å². The van der Waals surface area contributed by atoms with E-state index in [0.29, 0.717) is 11.3 Å². The highest BCUT2D eigenvalue weighted by atomic mass is 16.1. The Morgan fingerprint density at radius 1 is 0.900 bits per heavy atom. The Labute approximate surface area is 117 Å². The number of benzene rings is 2. The maximum atomic E-state index is 11.2. The van der Waals surface area contributed by atoms with Gasteiger partial charge in [-0.15, -0.1) is 0 Å². The van der Waals surface area contributed by atoms with Gasteiger partial charge in [-0.2, -0.15) is 10.2 Å². The van der Waals surface area contributed by atoms with Gasteiger partial charge < -0.3 is 5.43 Å². The SMILES string of the molecule is CNNc1ccc(/N=N/c2ccc(C(C)=O)cc2)cc1. The van der Waals surface area contributed by atoms with Gasteiger partial charge in [-0.25, -0.2) is 5.43 Å². The van der Waals surface area contributed by atoms with E-state index in [1.54, 1.807) is 31.3 Å². The second-order valence-corrected chi connectivity index (χ2v) is 4.22. The first-order chi connectivity index (χ1) is 9.69. The molecule has 5 heteroatoms. The Morgan fingerprint density at radius 3 is 1.85 bits per heavy atom. The third kappa shape index (κ3) is 3.73. The van der Waals surface area contributed by atoms with Gasteiger partial charge in [0.15, 0.2) is 5.78 Å². The molecule has 2 aromatic rings. The summed E-state index contributed by atoms with van der Waals surface area (Å²) in [4.78, 5) is 11.2. The molecular weight excluding hydrogens is 252 g/mol. The molecule has 2 aromatic carbocycles. The molecule has 0 heterocycles. The number of Topliss-reactive ketones (excluding diaryl/α,β-unsaturated/α-hetero) is 1. The topological polar surface area (TPSA) is 65.8 Å². The minimum atomic E-state index is 0.0427. The van der Waals surface area contributed by atoms with Gasteiger partial charge in [0.1, 0.15) is 0 Å². The summed E-state index contributed by atoms with van der Waals surface area (Å²) < 4.78 is 0. The quantitative estimate of drug-likeness (QED) is 0.491. The van der Waals surface area contributed by atoms with Gasteiger partial charge in [-0.05, 0) is 55.5 Å². The van der Waals surface area contributed by atoms with Gasteiger partial charge in [0, 0.05) is 18.3 Å². The molecule has 0 amide bonds. The van der Waals surface area contributed by atoms with Gasteiger partial charge >= 0.3 is 0 Å². The van der Waals surface area contributed by atoms with E-state index >= 15 is 0 Å². The summed E-state index contributed by atoms with van der Waals surface area (Å²) in [5, 5.41) is 8.27. The molecule has 0 aromatic heterocycles. The van der Waals surface area contributed by atoms with E-state index in [0.717, 1.165) is 11.4 Å². The molecule has 0 saturated carbocycles. The van der Waals surface area contributed by atoms with E-state index in [2.05, 4.69) is 21.1 Å². The van der Waals surface area contributed by atoms with Crippen LogP contribution in [0.1, 0.15) is 17.3 Å². The summed E-state index contributed by atoms with van der Waals surface area (Å²) in [6, 6.07) is 14.6. The first kappa shape index (κ1) is 13.9. The van der Waals surface area contributed by atoms with Crippen molar-refractivity contribution in [3.63, 3.8) is 0 Å². The molecular formula is C15H16N4O. The van der Waals surface area contributed by atoms with Gasteiger partial charge in [-0.3, -0.25) is 4.79 Å². The van der Waals surface area contributed by atoms with E-state index < -0.39 is 0 Å². The van der Waals surface area contributed by atoms with Gasteiger partial charge in [0.25, 0.3) is 0 Å². The van der Waals surface area contributed by atoms with Crippen LogP contribution in [0.4, 0.5) is 17.1 Å². The minimum Gasteiger partial charge on any atom is -0.322 e. The van der Waals surface area contributed by atoms with Crippen molar-refractivity contribution in [3.8, 4) is 0 Å². The summed E-state index contributed by atoms with van der Waals surface area (Å²) >= 11 is 0. The van der Waals surface area contributed by atoms with Crippen molar-refractivity contribution in [2.75, 3.05) is 12.5 Å². The van der Waals surface area contributed by atoms with Crippen molar-refractivity contribution in [1.82, 2.24) is 5.43 Å².